The van der Waals surface area contributed by atoms with Crippen LogP contribution in [-0.4, -0.2) is 28.0 Å². The number of cyclic esters (lactones) is 1. The largest absolute Gasteiger partial charge is 0.465 e. The molecule has 2 heterocycles. The van der Waals surface area contributed by atoms with Gasteiger partial charge in [-0.3, -0.25) is 4.79 Å². The molecule has 1 fully saturated rings. The third kappa shape index (κ3) is 2.00. The summed E-state index contributed by atoms with van der Waals surface area (Å²) in [4.78, 5) is 11.1. The summed E-state index contributed by atoms with van der Waals surface area (Å²) in [6.07, 6.45) is 0.780. The molecule has 4 nitrogen and oxygen atoms in total. The molecule has 0 radical (unpaired) electrons. The summed E-state index contributed by atoms with van der Waals surface area (Å²) in [5, 5.41) is 8.67. The molecule has 0 aliphatic carbocycles. The summed E-state index contributed by atoms with van der Waals surface area (Å²) < 4.78 is 5.69. The molecule has 13 heavy (non-hydrogen) atoms. The third-order valence-corrected chi connectivity index (χ3v) is 3.81. The molecule has 0 aromatic carbocycles. The number of rotatable bonds is 2. The average Bonchev–Trinajstić information content (AvgIpc) is 2.64. The van der Waals surface area contributed by atoms with E-state index in [1.54, 1.807) is 0 Å². The Morgan fingerprint density at radius 3 is 3.00 bits per heavy atom. The maximum Gasteiger partial charge on any atom is 0.319 e. The molecule has 6 heteroatoms. The highest BCUT2D eigenvalue weighted by Crippen LogP contribution is 2.31. The van der Waals surface area contributed by atoms with Crippen LogP contribution in [0.25, 0.3) is 0 Å². The monoisotopic (exact) mass is 216 g/mol. The first-order valence-corrected chi connectivity index (χ1v) is 5.59. The van der Waals surface area contributed by atoms with Gasteiger partial charge in [0.15, 0.2) is 4.34 Å². The van der Waals surface area contributed by atoms with Crippen molar-refractivity contribution in [3.05, 3.63) is 5.01 Å². The Morgan fingerprint density at radius 1 is 1.62 bits per heavy atom. The fourth-order valence-corrected chi connectivity index (χ4v) is 3.06. The Balaban J connectivity index is 2.01. The van der Waals surface area contributed by atoms with Crippen molar-refractivity contribution < 1.29 is 9.53 Å². The molecule has 0 saturated carbocycles. The van der Waals surface area contributed by atoms with Crippen LogP contribution in [0.4, 0.5) is 0 Å². The first-order chi connectivity index (χ1) is 6.25. The minimum Gasteiger partial charge on any atom is -0.465 e. The summed E-state index contributed by atoms with van der Waals surface area (Å²) in [6.45, 7) is 2.43. The van der Waals surface area contributed by atoms with E-state index in [-0.39, 0.29) is 11.2 Å². The number of thioether (sulfide) groups is 1. The lowest BCUT2D eigenvalue weighted by Gasteiger charge is -1.99. The molecule has 0 unspecified atom stereocenters. The highest BCUT2D eigenvalue weighted by Gasteiger charge is 2.28. The number of ether oxygens (including phenoxy) is 1. The molecule has 70 valence electrons. The molecule has 0 amide bonds. The maximum absolute atomic E-state index is 11.1. The van der Waals surface area contributed by atoms with E-state index in [0.717, 1.165) is 15.8 Å². The van der Waals surface area contributed by atoms with Gasteiger partial charge in [-0.05, 0) is 6.92 Å². The fourth-order valence-electron chi connectivity index (χ4n) is 1.03. The van der Waals surface area contributed by atoms with E-state index < -0.39 is 0 Å². The Labute approximate surface area is 83.7 Å². The Hall–Kier alpha value is -0.620. The van der Waals surface area contributed by atoms with Crippen LogP contribution in [0.3, 0.4) is 0 Å². The summed E-state index contributed by atoms with van der Waals surface area (Å²) in [7, 11) is 0. The van der Waals surface area contributed by atoms with Gasteiger partial charge in [0.05, 0.1) is 6.61 Å². The molecule has 1 saturated heterocycles. The van der Waals surface area contributed by atoms with Gasteiger partial charge in [-0.2, -0.15) is 0 Å². The van der Waals surface area contributed by atoms with Gasteiger partial charge in [-0.15, -0.1) is 10.2 Å². The average molecular weight is 216 g/mol. The smallest absolute Gasteiger partial charge is 0.319 e. The zero-order valence-corrected chi connectivity index (χ0v) is 8.65. The number of nitrogens with zero attached hydrogens (tertiary/aromatic N) is 2. The van der Waals surface area contributed by atoms with Gasteiger partial charge in [-0.25, -0.2) is 0 Å². The minimum absolute atomic E-state index is 0.0765. The lowest BCUT2D eigenvalue weighted by Crippen LogP contribution is -2.08. The van der Waals surface area contributed by atoms with Crippen LogP contribution in [0.1, 0.15) is 11.4 Å². The van der Waals surface area contributed by atoms with Crippen LogP contribution in [0.5, 0.6) is 0 Å². The lowest BCUT2D eigenvalue weighted by molar-refractivity contribution is -0.137. The van der Waals surface area contributed by atoms with Gasteiger partial charge in [0.1, 0.15) is 10.3 Å². The van der Waals surface area contributed by atoms with Gasteiger partial charge in [0, 0.05) is 6.42 Å². The maximum atomic E-state index is 11.1. The number of esters is 1. The van der Waals surface area contributed by atoms with Gasteiger partial charge < -0.3 is 4.74 Å². The molecule has 1 aliphatic heterocycles. The second-order valence-electron chi connectivity index (χ2n) is 2.65. The molecular weight excluding hydrogens is 208 g/mol. The van der Waals surface area contributed by atoms with E-state index in [4.69, 9.17) is 4.74 Å². The van der Waals surface area contributed by atoms with Crippen molar-refractivity contribution in [2.75, 3.05) is 6.61 Å². The second-order valence-corrected chi connectivity index (χ2v) is 5.28. The summed E-state index contributed by atoms with van der Waals surface area (Å²) >= 11 is 2.96. The third-order valence-electron chi connectivity index (χ3n) is 1.64. The van der Waals surface area contributed by atoms with Crippen molar-refractivity contribution in [2.45, 2.75) is 22.9 Å². The van der Waals surface area contributed by atoms with Gasteiger partial charge >= 0.3 is 5.97 Å². The summed E-state index contributed by atoms with van der Waals surface area (Å²) in [5.41, 5.74) is 0. The van der Waals surface area contributed by atoms with Crippen LogP contribution in [0, 0.1) is 6.92 Å². The lowest BCUT2D eigenvalue weighted by atomic mass is 10.4. The molecule has 1 atom stereocenters. The van der Waals surface area contributed by atoms with Crippen LogP contribution in [0.15, 0.2) is 4.34 Å². The molecule has 0 N–H and O–H groups in total. The van der Waals surface area contributed by atoms with E-state index in [0.29, 0.717) is 6.61 Å². The molecular formula is C7H8N2O2S2. The van der Waals surface area contributed by atoms with Crippen LogP contribution in [-0.2, 0) is 9.53 Å². The first-order valence-electron chi connectivity index (χ1n) is 3.89. The Kier molecular flexibility index (Phi) is 2.50. The second kappa shape index (κ2) is 3.63. The molecule has 2 rings (SSSR count). The van der Waals surface area contributed by atoms with E-state index in [2.05, 4.69) is 10.2 Å². The Bertz CT molecular complexity index is 326. The molecule has 1 aliphatic rings. The quantitative estimate of drug-likeness (QED) is 0.696. The van der Waals surface area contributed by atoms with E-state index in [1.807, 2.05) is 6.92 Å². The van der Waals surface area contributed by atoms with E-state index in [9.17, 15) is 4.79 Å². The minimum atomic E-state index is -0.127. The van der Waals surface area contributed by atoms with Crippen molar-refractivity contribution >= 4 is 29.1 Å². The molecule has 0 bridgehead atoms. The van der Waals surface area contributed by atoms with E-state index >= 15 is 0 Å². The zero-order valence-electron chi connectivity index (χ0n) is 7.02. The molecule has 1 aromatic rings. The number of carbonyl (C=O) groups excluding carboxylic acids is 1. The van der Waals surface area contributed by atoms with Crippen molar-refractivity contribution in [3.8, 4) is 0 Å². The van der Waals surface area contributed by atoms with Crippen LogP contribution >= 0.6 is 23.1 Å². The predicted octanol–water partition coefficient (Wildman–Crippen LogP) is 1.25. The van der Waals surface area contributed by atoms with Crippen LogP contribution in [0.2, 0.25) is 0 Å². The van der Waals surface area contributed by atoms with Gasteiger partial charge in [0.25, 0.3) is 0 Å². The highest BCUT2D eigenvalue weighted by molar-refractivity contribution is 8.02. The van der Waals surface area contributed by atoms with Crippen molar-refractivity contribution in [1.29, 1.82) is 0 Å². The number of aryl methyl sites for hydroxylation is 1. The van der Waals surface area contributed by atoms with E-state index in [1.165, 1.54) is 23.1 Å². The standard InChI is InChI=1S/C7H8N2O2S2/c1-4-8-9-7(12-4)13-5-2-3-11-6(5)10/h5H,2-3H2,1H3/t5-/m0/s1. The highest BCUT2D eigenvalue weighted by atomic mass is 32.2. The summed E-state index contributed by atoms with van der Waals surface area (Å²) in [6, 6.07) is 0. The SMILES string of the molecule is Cc1nnc(S[C@H]2CCOC2=O)s1. The predicted molar refractivity (Wildman–Crippen MR) is 49.9 cm³/mol. The topological polar surface area (TPSA) is 52.1 Å². The number of carbonyl (C=O) groups is 1. The normalized spacial score (nSPS) is 21.9. The van der Waals surface area contributed by atoms with Gasteiger partial charge in [0.2, 0.25) is 0 Å². The zero-order chi connectivity index (χ0) is 9.26. The summed E-state index contributed by atoms with van der Waals surface area (Å²) in [5.74, 6) is -0.127. The van der Waals surface area contributed by atoms with Crippen molar-refractivity contribution in [2.24, 2.45) is 0 Å². The number of hydrogen-bond donors (Lipinski definition) is 0. The van der Waals surface area contributed by atoms with Crippen LogP contribution < -0.4 is 0 Å². The number of aromatic nitrogens is 2. The first kappa shape index (κ1) is 8.96. The Morgan fingerprint density at radius 2 is 2.46 bits per heavy atom. The molecule has 1 aromatic heterocycles. The molecule has 0 spiro atoms. The fraction of sp³-hybridized carbons (Fsp3) is 0.571. The van der Waals surface area contributed by atoms with Gasteiger partial charge in [-0.1, -0.05) is 23.1 Å². The van der Waals surface area contributed by atoms with Crippen molar-refractivity contribution in [1.82, 2.24) is 10.2 Å². The van der Waals surface area contributed by atoms with Crippen molar-refractivity contribution in [3.63, 3.8) is 0 Å². The number of hydrogen-bond acceptors (Lipinski definition) is 6.